The summed E-state index contributed by atoms with van der Waals surface area (Å²) in [6.45, 7) is 26.3. The molecule has 0 heterocycles. The van der Waals surface area contributed by atoms with Gasteiger partial charge < -0.3 is 51.2 Å². The number of benzene rings is 8. The summed E-state index contributed by atoms with van der Waals surface area (Å²) >= 11 is 0. The quantitative estimate of drug-likeness (QED) is 0.0326. The van der Waals surface area contributed by atoms with E-state index in [9.17, 15) is 19.5 Å². The first-order valence-electron chi connectivity index (χ1n) is 31.0. The molecule has 0 atom stereocenters. The Morgan fingerprint density at radius 3 is 1.03 bits per heavy atom. The Balaban J connectivity index is 0.000000273. The molecule has 92 heavy (non-hydrogen) atoms. The zero-order valence-corrected chi connectivity index (χ0v) is 59.0. The van der Waals surface area contributed by atoms with Gasteiger partial charge in [0.05, 0.1) is 21.3 Å². The normalized spacial score (nSPS) is 11.9. The Morgan fingerprint density at radius 1 is 0.370 bits per heavy atom. The van der Waals surface area contributed by atoms with E-state index in [1.165, 1.54) is 18.2 Å². The Bertz CT molecular complexity index is 3680. The Hall–Kier alpha value is -8.46. The lowest BCUT2D eigenvalue weighted by Crippen LogP contribution is -2.52. The van der Waals surface area contributed by atoms with E-state index >= 15 is 0 Å². The maximum absolute atomic E-state index is 12.7. The molecule has 0 aromatic heterocycles. The number of methoxy groups -OCH3 is 3. The molecule has 0 aliphatic heterocycles. The molecular weight excluding hydrogens is 1210 g/mol. The summed E-state index contributed by atoms with van der Waals surface area (Å²) in [5.74, 6) is 3.04. The smallest absolute Gasteiger partial charge is 0.504 e. The van der Waals surface area contributed by atoms with Crippen molar-refractivity contribution in [3.05, 3.63) is 239 Å². The highest BCUT2D eigenvalue weighted by molar-refractivity contribution is 6.87. The predicted octanol–water partition coefficient (Wildman–Crippen LogP) is 19.1. The molecule has 1 N–H and O–H groups in total. The molecule has 8 rings (SSSR count). The van der Waals surface area contributed by atoms with Crippen LogP contribution >= 0.6 is 0 Å². The van der Waals surface area contributed by atoms with Crippen LogP contribution in [0.25, 0.3) is 0 Å². The van der Waals surface area contributed by atoms with Gasteiger partial charge in [-0.15, -0.1) is 0 Å². The van der Waals surface area contributed by atoms with Crippen LogP contribution in [0.2, 0.25) is 51.4 Å². The predicted molar refractivity (Wildman–Crippen MR) is 370 cm³/mol. The standard InChI is InChI=1S/C42H58O8Si3.C33H32O6/c1-42(2,34-18-12-11-13-19-34)35-22-24-36(25-23-35)47-41(44)48-38-27-21-33(31-40(38)46-4)17-15-29-52(7,8)50-53(9,10)49-51(5,6)28-14-16-32-20-26-37(43)39(30-32)45-3;1-32(2,23-9-7-6-8-10-23)24-13-19-28(20-14-24)38-31(35)39-29-21-15-26(16-22-29)33(3,4)25-11-17-27(18-12-25)37-30(34)36-5/h11-13,18-27,30-31,43H,14-17,28-29H2,1-10H3;6-22H,1-5H3. The van der Waals surface area contributed by atoms with E-state index in [1.807, 2.05) is 109 Å². The summed E-state index contributed by atoms with van der Waals surface area (Å²) in [5.41, 5.74) is 8.18. The summed E-state index contributed by atoms with van der Waals surface area (Å²) in [6, 6.07) is 63.3. The van der Waals surface area contributed by atoms with Crippen LogP contribution < -0.4 is 33.2 Å². The van der Waals surface area contributed by atoms with Crippen LogP contribution in [0.15, 0.2) is 194 Å². The molecular formula is C75H90O14Si3. The van der Waals surface area contributed by atoms with Crippen molar-refractivity contribution in [2.45, 2.75) is 135 Å². The molecule has 0 fully saturated rings. The summed E-state index contributed by atoms with van der Waals surface area (Å²) in [7, 11) is -1.93. The number of hydrogen-bond acceptors (Lipinski definition) is 14. The highest BCUT2D eigenvalue weighted by Crippen LogP contribution is 2.38. The molecule has 0 bridgehead atoms. The second kappa shape index (κ2) is 31.2. The number of carbonyl (C=O) groups excluding carboxylic acids is 3. The lowest BCUT2D eigenvalue weighted by atomic mass is 9.78. The van der Waals surface area contributed by atoms with Crippen molar-refractivity contribution >= 4 is 43.7 Å². The minimum Gasteiger partial charge on any atom is -0.504 e. The van der Waals surface area contributed by atoms with Crippen LogP contribution in [-0.2, 0) is 42.1 Å². The fraction of sp³-hybridized carbons (Fsp3) is 0.320. The van der Waals surface area contributed by atoms with E-state index in [1.54, 1.807) is 74.9 Å². The molecule has 486 valence electrons. The molecule has 14 nitrogen and oxygen atoms in total. The van der Waals surface area contributed by atoms with Crippen molar-refractivity contribution in [1.29, 1.82) is 0 Å². The molecule has 8 aromatic carbocycles. The highest BCUT2D eigenvalue weighted by atomic mass is 28.5. The SMILES string of the molecule is COC(=O)Oc1ccc(C(C)(C)c2ccc(OC(=O)Oc3ccc(C(C)(C)c4ccccc4)cc3)cc2)cc1.COc1cc(CCC[Si](C)(C)O[Si](C)(C)O[Si](C)(C)CCCc2ccc(OC(=O)Oc3ccc(C(C)(C)c4ccccc4)cc3)c(OC)c2)ccc1O. The number of phenols is 1. The van der Waals surface area contributed by atoms with Crippen molar-refractivity contribution in [1.82, 2.24) is 0 Å². The van der Waals surface area contributed by atoms with Crippen LogP contribution in [-0.4, -0.2) is 70.1 Å². The van der Waals surface area contributed by atoms with Gasteiger partial charge in [0.2, 0.25) is 0 Å². The average molecular weight is 1300 g/mol. The summed E-state index contributed by atoms with van der Waals surface area (Å²) in [4.78, 5) is 36.5. The van der Waals surface area contributed by atoms with Crippen LogP contribution in [0.3, 0.4) is 0 Å². The van der Waals surface area contributed by atoms with Gasteiger partial charge in [-0.1, -0.05) is 163 Å². The van der Waals surface area contributed by atoms with Crippen molar-refractivity contribution in [2.75, 3.05) is 21.3 Å². The average Bonchev–Trinajstić information content (AvgIpc) is 1.12. The fourth-order valence-electron chi connectivity index (χ4n) is 11.2. The van der Waals surface area contributed by atoms with Crippen molar-refractivity contribution in [3.63, 3.8) is 0 Å². The van der Waals surface area contributed by atoms with Crippen LogP contribution in [0.4, 0.5) is 14.4 Å². The third-order valence-electron chi connectivity index (χ3n) is 16.5. The minimum atomic E-state index is -2.36. The Kier molecular flexibility index (Phi) is 24.1. The Labute approximate surface area is 547 Å². The van der Waals surface area contributed by atoms with E-state index < -0.39 is 43.7 Å². The van der Waals surface area contributed by atoms with Crippen molar-refractivity contribution < 1.29 is 65.6 Å². The molecule has 0 aliphatic carbocycles. The molecule has 8 aromatic rings. The van der Waals surface area contributed by atoms with Gasteiger partial charge in [0, 0.05) is 16.2 Å². The molecule has 0 spiro atoms. The monoisotopic (exact) mass is 1300 g/mol. The van der Waals surface area contributed by atoms with E-state index in [-0.39, 0.29) is 22.0 Å². The second-order valence-corrected chi connectivity index (χ2v) is 38.5. The first kappa shape index (κ1) is 71.0. The zero-order valence-electron chi connectivity index (χ0n) is 56.0. The Morgan fingerprint density at radius 2 is 0.685 bits per heavy atom. The molecule has 0 radical (unpaired) electrons. The summed E-state index contributed by atoms with van der Waals surface area (Å²) in [6.07, 6.45) is 1.33. The van der Waals surface area contributed by atoms with Gasteiger partial charge in [-0.2, -0.15) is 0 Å². The van der Waals surface area contributed by atoms with Gasteiger partial charge in [0.15, 0.2) is 39.6 Å². The van der Waals surface area contributed by atoms with Gasteiger partial charge in [0.25, 0.3) is 0 Å². The van der Waals surface area contributed by atoms with Crippen LogP contribution in [0, 0.1) is 0 Å². The van der Waals surface area contributed by atoms with E-state index in [2.05, 4.69) is 110 Å². The van der Waals surface area contributed by atoms with Gasteiger partial charge in [0.1, 0.15) is 23.0 Å². The van der Waals surface area contributed by atoms with Gasteiger partial charge in [-0.3, -0.25) is 0 Å². The number of aromatic hydroxyl groups is 1. The third-order valence-corrected chi connectivity index (χ3v) is 27.9. The van der Waals surface area contributed by atoms with Crippen molar-refractivity contribution in [2.24, 2.45) is 0 Å². The second-order valence-electron chi connectivity index (χ2n) is 26.0. The molecule has 0 aliphatic rings. The number of ether oxygens (including phenoxy) is 8. The minimum absolute atomic E-state index is 0.162. The third kappa shape index (κ3) is 20.3. The van der Waals surface area contributed by atoms with E-state index in [0.29, 0.717) is 40.2 Å². The maximum atomic E-state index is 12.7. The largest absolute Gasteiger partial charge is 0.519 e. The van der Waals surface area contributed by atoms with Gasteiger partial charge in [-0.25, -0.2) is 14.4 Å². The topological polar surface area (TPSA) is 164 Å². The van der Waals surface area contributed by atoms with E-state index in [0.717, 1.165) is 71.2 Å². The number of aryl methyl sites for hydroxylation is 2. The first-order chi connectivity index (χ1) is 43.5. The highest BCUT2D eigenvalue weighted by Gasteiger charge is 2.39. The van der Waals surface area contributed by atoms with Crippen LogP contribution in [0.5, 0.6) is 46.0 Å². The number of rotatable bonds is 25. The van der Waals surface area contributed by atoms with Crippen molar-refractivity contribution in [3.8, 4) is 46.0 Å². The zero-order chi connectivity index (χ0) is 66.9. The number of carbonyl (C=O) groups is 3. The summed E-state index contributed by atoms with van der Waals surface area (Å²) < 4.78 is 56.0. The maximum Gasteiger partial charge on any atom is 0.519 e. The lowest BCUT2D eigenvalue weighted by Gasteiger charge is -2.39. The molecule has 0 unspecified atom stereocenters. The van der Waals surface area contributed by atoms with Crippen LogP contribution in [0.1, 0.15) is 98.9 Å². The molecule has 0 saturated heterocycles. The van der Waals surface area contributed by atoms with Gasteiger partial charge in [-0.05, 0) is 194 Å². The molecule has 17 heteroatoms. The molecule has 0 saturated carbocycles. The first-order valence-corrected chi connectivity index (χ1v) is 40.1. The fourth-order valence-corrected chi connectivity index (χ4v) is 25.3. The number of phenolic OH excluding ortho intramolecular Hbond substituents is 1. The van der Waals surface area contributed by atoms with E-state index in [4.69, 9.17) is 41.4 Å². The lowest BCUT2D eigenvalue weighted by molar-refractivity contribution is 0.121. The number of hydrogen-bond donors (Lipinski definition) is 1. The molecule has 0 amide bonds. The van der Waals surface area contributed by atoms with Gasteiger partial charge >= 0.3 is 27.0 Å². The summed E-state index contributed by atoms with van der Waals surface area (Å²) in [5, 5.41) is 9.89.